The summed E-state index contributed by atoms with van der Waals surface area (Å²) in [6.45, 7) is 1.87. The van der Waals surface area contributed by atoms with Crippen molar-refractivity contribution in [1.82, 2.24) is 0 Å². The van der Waals surface area contributed by atoms with Gasteiger partial charge in [0.25, 0.3) is 0 Å². The Kier molecular flexibility index (Phi) is 18.3. The zero-order valence-corrected chi connectivity index (χ0v) is 34.3. The van der Waals surface area contributed by atoms with Crippen molar-refractivity contribution in [3.05, 3.63) is 134 Å². The number of hydrogen-bond donors (Lipinski definition) is 0. The third kappa shape index (κ3) is 13.0. The molecule has 2 unspecified atom stereocenters. The van der Waals surface area contributed by atoms with Crippen LogP contribution in [0.1, 0.15) is 80.5 Å². The molecule has 4 aromatic carbocycles. The van der Waals surface area contributed by atoms with Crippen LogP contribution in [-0.2, 0) is 41.8 Å². The Morgan fingerprint density at radius 1 is 0.421 bits per heavy atom. The van der Waals surface area contributed by atoms with E-state index in [1.54, 1.807) is 0 Å². The van der Waals surface area contributed by atoms with E-state index in [1.165, 1.54) is 80.6 Å². The van der Waals surface area contributed by atoms with Crippen LogP contribution in [0.2, 0.25) is 0 Å². The van der Waals surface area contributed by atoms with Crippen molar-refractivity contribution in [1.29, 1.82) is 0 Å². The average molecular weight is 895 g/mol. The SMILES string of the molecule is C1CCCC1.C[C@H](C1CCCC1P(c1ccc(C(F)(F)F)cc1)c1ccc(C(F)(F)F)cc1)P(c1ccc(C(F)(F)F)cc1)c1ccc(C(F)(F)F)cc1.[CH3-].[CH3-].[Fe+2]. The molecule has 2 aliphatic rings. The average Bonchev–Trinajstić information content (AvgIpc) is 3.85. The second-order valence-corrected chi connectivity index (χ2v) is 18.6. The molecule has 0 aliphatic heterocycles. The fourth-order valence-electron chi connectivity index (χ4n) is 7.32. The minimum atomic E-state index is -4.61. The van der Waals surface area contributed by atoms with Gasteiger partial charge in [0.15, 0.2) is 0 Å². The van der Waals surface area contributed by atoms with Gasteiger partial charge in [-0.15, -0.1) is 0 Å². The first kappa shape index (κ1) is 50.6. The third-order valence-electron chi connectivity index (χ3n) is 10.0. The second kappa shape index (κ2) is 20.6. The van der Waals surface area contributed by atoms with E-state index in [0.29, 0.717) is 40.5 Å². The first-order valence-electron chi connectivity index (χ1n) is 17.5. The van der Waals surface area contributed by atoms with E-state index in [-0.39, 0.29) is 49.2 Å². The summed E-state index contributed by atoms with van der Waals surface area (Å²) in [7, 11) is -3.12. The molecular formula is C42H44F12FeP2. The normalized spacial score (nSPS) is 17.9. The molecule has 6 rings (SSSR count). The Morgan fingerprint density at radius 2 is 0.684 bits per heavy atom. The van der Waals surface area contributed by atoms with Crippen molar-refractivity contribution >= 4 is 37.1 Å². The smallest absolute Gasteiger partial charge is 0.358 e. The van der Waals surface area contributed by atoms with Gasteiger partial charge in [0.2, 0.25) is 0 Å². The third-order valence-corrected chi connectivity index (χ3v) is 16.0. The van der Waals surface area contributed by atoms with Gasteiger partial charge in [0, 0.05) is 0 Å². The van der Waals surface area contributed by atoms with Crippen LogP contribution in [-0.4, -0.2) is 11.3 Å². The van der Waals surface area contributed by atoms with Crippen LogP contribution < -0.4 is 21.2 Å². The van der Waals surface area contributed by atoms with Crippen molar-refractivity contribution in [3.63, 3.8) is 0 Å². The van der Waals surface area contributed by atoms with E-state index < -0.39 is 62.8 Å². The number of alkyl halides is 12. The number of rotatable bonds is 7. The summed E-state index contributed by atoms with van der Waals surface area (Å²) in [6, 6.07) is 18.0. The fourth-order valence-corrected chi connectivity index (χ4v) is 13.6. The maximum Gasteiger partial charge on any atom is 2.00 e. The summed E-state index contributed by atoms with van der Waals surface area (Å²) in [5.74, 6) is -0.216. The van der Waals surface area contributed by atoms with Gasteiger partial charge < -0.3 is 14.9 Å². The minimum Gasteiger partial charge on any atom is -0.358 e. The van der Waals surface area contributed by atoms with Crippen LogP contribution in [0.25, 0.3) is 0 Å². The topological polar surface area (TPSA) is 0 Å². The first-order valence-corrected chi connectivity index (χ1v) is 20.3. The van der Waals surface area contributed by atoms with Crippen molar-refractivity contribution in [2.75, 3.05) is 0 Å². The molecule has 15 heteroatoms. The van der Waals surface area contributed by atoms with E-state index >= 15 is 0 Å². The molecule has 0 heterocycles. The van der Waals surface area contributed by atoms with Crippen LogP contribution in [0.3, 0.4) is 0 Å². The van der Waals surface area contributed by atoms with Crippen molar-refractivity contribution in [2.45, 2.75) is 94.3 Å². The van der Waals surface area contributed by atoms with Gasteiger partial charge in [-0.3, -0.25) is 0 Å². The van der Waals surface area contributed by atoms with Gasteiger partial charge in [0.1, 0.15) is 0 Å². The molecule has 0 saturated heterocycles. The molecule has 0 spiro atoms. The van der Waals surface area contributed by atoms with Crippen LogP contribution >= 0.6 is 15.8 Å². The van der Waals surface area contributed by atoms with Gasteiger partial charge in [-0.1, -0.05) is 94.0 Å². The zero-order chi connectivity index (χ0) is 39.5. The first-order chi connectivity index (χ1) is 25.2. The molecule has 4 aromatic rings. The van der Waals surface area contributed by atoms with Gasteiger partial charge in [0.05, 0.1) is 22.3 Å². The predicted molar refractivity (Wildman–Crippen MR) is 205 cm³/mol. The Morgan fingerprint density at radius 3 is 0.947 bits per heavy atom. The number of benzene rings is 4. The summed E-state index contributed by atoms with van der Waals surface area (Å²) in [6.07, 6.45) is -9.10. The van der Waals surface area contributed by atoms with Gasteiger partial charge in [-0.05, 0) is 116 Å². The quantitative estimate of drug-likeness (QED) is 0.0750. The minimum absolute atomic E-state index is 0. The summed E-state index contributed by atoms with van der Waals surface area (Å²) in [4.78, 5) is 0. The van der Waals surface area contributed by atoms with Crippen molar-refractivity contribution in [3.8, 4) is 0 Å². The van der Waals surface area contributed by atoms with Gasteiger partial charge in [-0.2, -0.15) is 52.7 Å². The molecule has 2 fully saturated rings. The Hall–Kier alpha value is -2.58. The molecule has 2 saturated carbocycles. The summed E-state index contributed by atoms with van der Waals surface area (Å²) >= 11 is 0. The molecular weight excluding hydrogens is 850 g/mol. The molecule has 0 N–H and O–H groups in total. The van der Waals surface area contributed by atoms with Gasteiger partial charge >= 0.3 is 41.8 Å². The predicted octanol–water partition coefficient (Wildman–Crippen LogP) is 13.7. The van der Waals surface area contributed by atoms with E-state index in [9.17, 15) is 52.7 Å². The van der Waals surface area contributed by atoms with Gasteiger partial charge in [-0.25, -0.2) is 0 Å². The maximum atomic E-state index is 13.4. The molecule has 0 amide bonds. The van der Waals surface area contributed by atoms with E-state index in [4.69, 9.17) is 0 Å². The molecule has 3 atom stereocenters. The van der Waals surface area contributed by atoms with Crippen LogP contribution in [0.15, 0.2) is 97.1 Å². The molecule has 314 valence electrons. The van der Waals surface area contributed by atoms with E-state index in [2.05, 4.69) is 0 Å². The molecule has 0 radical (unpaired) electrons. The molecule has 0 bridgehead atoms. The fraction of sp³-hybridized carbons (Fsp3) is 0.381. The summed E-state index contributed by atoms with van der Waals surface area (Å²) in [5, 5.41) is 2.02. The molecule has 57 heavy (non-hydrogen) atoms. The Bertz CT molecular complexity index is 1660. The zero-order valence-electron chi connectivity index (χ0n) is 31.4. The summed E-state index contributed by atoms with van der Waals surface area (Å²) in [5.41, 5.74) is -4.15. The second-order valence-electron chi connectivity index (χ2n) is 13.6. The molecule has 0 aromatic heterocycles. The van der Waals surface area contributed by atoms with Crippen LogP contribution in [0, 0.1) is 20.8 Å². The molecule has 0 nitrogen and oxygen atoms in total. The number of halogens is 12. The van der Waals surface area contributed by atoms with Crippen molar-refractivity contribution in [2.24, 2.45) is 5.92 Å². The number of hydrogen-bond acceptors (Lipinski definition) is 0. The van der Waals surface area contributed by atoms with Crippen LogP contribution in [0.5, 0.6) is 0 Å². The largest absolute Gasteiger partial charge is 2.00 e. The Labute approximate surface area is 340 Å². The van der Waals surface area contributed by atoms with E-state index in [1.807, 2.05) is 6.92 Å². The van der Waals surface area contributed by atoms with Crippen LogP contribution in [0.4, 0.5) is 52.7 Å². The monoisotopic (exact) mass is 894 g/mol. The standard InChI is InChI=1S/C35H28F12P2.C5H10.2CH3.Fe/c1-21(48(26-13-5-22(6-14-26)32(36,37)38)27-15-7-23(8-16-27)33(39,40)41)30-3-2-4-31(30)49(28-17-9-24(10-18-28)34(42,43)44)29-19-11-25(12-20-29)35(45,46)47;1-2-4-5-3-1;;;/h5-21,30-31H,2-4H2,1H3;1-5H2;2*1H3;/q;;2*-1;+2/t21-,30?,31?;;;;/m1..../s1. The van der Waals surface area contributed by atoms with Crippen molar-refractivity contribution < 1.29 is 69.8 Å². The van der Waals surface area contributed by atoms with E-state index in [0.717, 1.165) is 48.5 Å². The summed E-state index contributed by atoms with van der Waals surface area (Å²) < 4.78 is 161. The molecule has 2 aliphatic carbocycles. The maximum absolute atomic E-state index is 13.4. The Balaban J connectivity index is 0.00000130.